The van der Waals surface area contributed by atoms with Crippen LogP contribution in [-0.4, -0.2) is 66.5 Å². The lowest BCUT2D eigenvalue weighted by Gasteiger charge is -2.39. The van der Waals surface area contributed by atoms with Gasteiger partial charge in [0.05, 0.1) is 18.7 Å². The molecule has 0 saturated carbocycles. The number of nitrogens with zero attached hydrogens (tertiary/aromatic N) is 1. The molecule has 0 aromatic carbocycles. The van der Waals surface area contributed by atoms with Gasteiger partial charge < -0.3 is 19.4 Å². The van der Waals surface area contributed by atoms with Crippen LogP contribution < -0.4 is 0 Å². The van der Waals surface area contributed by atoms with E-state index in [1.54, 1.807) is 4.90 Å². The number of hydrogen-bond acceptors (Lipinski definition) is 5. The summed E-state index contributed by atoms with van der Waals surface area (Å²) < 4.78 is 11.9. The summed E-state index contributed by atoms with van der Waals surface area (Å²) in [4.78, 5) is 14.3. The first-order valence-corrected chi connectivity index (χ1v) is 12.6. The van der Waals surface area contributed by atoms with Crippen molar-refractivity contribution in [3.8, 4) is 0 Å². The first-order valence-electron chi connectivity index (χ1n) is 9.66. The number of rotatable bonds is 6. The highest BCUT2D eigenvalue weighted by Gasteiger charge is 2.48. The molecule has 154 valence electrons. The van der Waals surface area contributed by atoms with E-state index in [9.17, 15) is 9.90 Å². The Bertz CT molecular complexity index is 470. The van der Waals surface area contributed by atoms with Crippen LogP contribution in [-0.2, 0) is 9.16 Å². The molecule has 0 aromatic rings. The molecule has 1 rings (SSSR count). The van der Waals surface area contributed by atoms with Crippen LogP contribution in [0, 0.1) is 0 Å². The van der Waals surface area contributed by atoms with Crippen LogP contribution >= 0.6 is 0 Å². The maximum absolute atomic E-state index is 12.7. The standard InChI is InChI=1S/C19H39NO5Si/c1-18(2,3)24-17(23)20-13-15(25-26(7,8)19(4,5)6)16(22)14(20)11-9-10-12-21/h14-16,21-22H,9-13H2,1-8H3/t14-,15-,16+/m0/s1. The second-order valence-electron chi connectivity index (χ2n) is 9.83. The van der Waals surface area contributed by atoms with Crippen LogP contribution in [0.3, 0.4) is 0 Å². The lowest BCUT2D eigenvalue weighted by molar-refractivity contribution is 0.0123. The third-order valence-electron chi connectivity index (χ3n) is 5.34. The molecule has 1 fully saturated rings. The van der Waals surface area contributed by atoms with Crippen LogP contribution in [0.15, 0.2) is 0 Å². The zero-order chi connectivity index (χ0) is 20.3. The third kappa shape index (κ3) is 6.22. The normalized spacial score (nSPS) is 24.8. The third-order valence-corrected chi connectivity index (χ3v) is 9.84. The van der Waals surface area contributed by atoms with E-state index in [1.165, 1.54) is 0 Å². The van der Waals surface area contributed by atoms with Crippen LogP contribution in [0.1, 0.15) is 60.8 Å². The summed E-state index contributed by atoms with van der Waals surface area (Å²) in [6.45, 7) is 16.7. The van der Waals surface area contributed by atoms with Gasteiger partial charge in [0.25, 0.3) is 0 Å². The summed E-state index contributed by atoms with van der Waals surface area (Å²) in [6, 6.07) is -0.342. The lowest BCUT2D eigenvalue weighted by atomic mass is 10.0. The average Bonchev–Trinajstić information content (AvgIpc) is 2.73. The summed E-state index contributed by atoms with van der Waals surface area (Å²) in [5, 5.41) is 19.9. The van der Waals surface area contributed by atoms with Gasteiger partial charge in [0.2, 0.25) is 0 Å². The SMILES string of the molecule is CC(C)(C)OC(=O)N1C[C@H](O[Si](C)(C)C(C)(C)C)[C@H](O)[C@@H]1CCCCO. The van der Waals surface area contributed by atoms with Gasteiger partial charge >= 0.3 is 6.09 Å². The number of carbonyl (C=O) groups is 1. The Hall–Kier alpha value is -0.633. The topological polar surface area (TPSA) is 79.2 Å². The molecule has 1 amide bonds. The van der Waals surface area contributed by atoms with Gasteiger partial charge in [0.1, 0.15) is 11.7 Å². The number of hydrogen-bond donors (Lipinski definition) is 2. The Morgan fingerprint density at radius 2 is 1.73 bits per heavy atom. The summed E-state index contributed by atoms with van der Waals surface area (Å²) in [7, 11) is -2.07. The van der Waals surface area contributed by atoms with Gasteiger partial charge in [-0.15, -0.1) is 0 Å². The molecule has 0 spiro atoms. The predicted octanol–water partition coefficient (Wildman–Crippen LogP) is 3.52. The van der Waals surface area contributed by atoms with E-state index in [0.717, 1.165) is 6.42 Å². The molecule has 1 aliphatic heterocycles. The van der Waals surface area contributed by atoms with Crippen molar-refractivity contribution in [2.24, 2.45) is 0 Å². The van der Waals surface area contributed by atoms with Crippen LogP contribution in [0.4, 0.5) is 4.79 Å². The minimum absolute atomic E-state index is 0.0262. The molecule has 6 nitrogen and oxygen atoms in total. The van der Waals surface area contributed by atoms with Crippen molar-refractivity contribution in [3.05, 3.63) is 0 Å². The number of likely N-dealkylation sites (tertiary alicyclic amines) is 1. The molecule has 1 heterocycles. The highest BCUT2D eigenvalue weighted by atomic mass is 28.4. The van der Waals surface area contributed by atoms with Crippen LogP contribution in [0.25, 0.3) is 0 Å². The molecular weight excluding hydrogens is 350 g/mol. The predicted molar refractivity (Wildman–Crippen MR) is 106 cm³/mol. The highest BCUT2D eigenvalue weighted by molar-refractivity contribution is 6.74. The number of aliphatic hydroxyl groups is 2. The number of carbonyl (C=O) groups excluding carboxylic acids is 1. The van der Waals surface area contributed by atoms with E-state index in [2.05, 4.69) is 33.9 Å². The van der Waals surface area contributed by atoms with E-state index < -0.39 is 32.2 Å². The van der Waals surface area contributed by atoms with Gasteiger partial charge in [0.15, 0.2) is 8.32 Å². The number of aliphatic hydroxyl groups excluding tert-OH is 2. The van der Waals surface area contributed by atoms with Gasteiger partial charge in [0, 0.05) is 6.61 Å². The molecule has 7 heteroatoms. The quantitative estimate of drug-likeness (QED) is 0.537. The average molecular weight is 390 g/mol. The van der Waals surface area contributed by atoms with Crippen LogP contribution in [0.2, 0.25) is 18.1 Å². The molecule has 0 radical (unpaired) electrons. The Morgan fingerprint density at radius 1 is 1.15 bits per heavy atom. The molecule has 2 N–H and O–H groups in total. The summed E-state index contributed by atoms with van der Waals surface area (Å²) >= 11 is 0. The number of unbranched alkanes of at least 4 members (excludes halogenated alkanes) is 1. The van der Waals surface area contributed by atoms with Crippen LogP contribution in [0.5, 0.6) is 0 Å². The number of amides is 1. The van der Waals surface area contributed by atoms with Gasteiger partial charge in [-0.1, -0.05) is 20.8 Å². The molecule has 0 bridgehead atoms. The fourth-order valence-electron chi connectivity index (χ4n) is 2.85. The van der Waals surface area contributed by atoms with E-state index in [-0.39, 0.29) is 17.7 Å². The van der Waals surface area contributed by atoms with Gasteiger partial charge in [-0.3, -0.25) is 4.90 Å². The van der Waals surface area contributed by atoms with E-state index in [4.69, 9.17) is 14.3 Å². The Balaban J connectivity index is 2.95. The van der Waals surface area contributed by atoms with Crippen molar-refractivity contribution in [1.29, 1.82) is 0 Å². The van der Waals surface area contributed by atoms with Crippen molar-refractivity contribution < 1.29 is 24.2 Å². The summed E-state index contributed by atoms with van der Waals surface area (Å²) in [6.07, 6.45) is 0.465. The monoisotopic (exact) mass is 389 g/mol. The van der Waals surface area contributed by atoms with Crippen molar-refractivity contribution in [3.63, 3.8) is 0 Å². The first-order chi connectivity index (χ1) is 11.7. The Labute approximate surface area is 160 Å². The second kappa shape index (κ2) is 8.58. The smallest absolute Gasteiger partial charge is 0.410 e. The van der Waals surface area contributed by atoms with Crippen molar-refractivity contribution in [1.82, 2.24) is 4.90 Å². The maximum Gasteiger partial charge on any atom is 0.410 e. The summed E-state index contributed by atoms with van der Waals surface area (Å²) in [5.74, 6) is 0. The Morgan fingerprint density at radius 3 is 2.19 bits per heavy atom. The highest BCUT2D eigenvalue weighted by Crippen LogP contribution is 2.39. The first kappa shape index (κ1) is 23.4. The van der Waals surface area contributed by atoms with Gasteiger partial charge in [-0.2, -0.15) is 0 Å². The Kier molecular flexibility index (Phi) is 7.73. The van der Waals surface area contributed by atoms with Gasteiger partial charge in [-0.05, 0) is 58.2 Å². The second-order valence-corrected chi connectivity index (χ2v) is 14.6. The molecule has 0 aliphatic carbocycles. The largest absolute Gasteiger partial charge is 0.444 e. The zero-order valence-corrected chi connectivity index (χ0v) is 18.8. The zero-order valence-electron chi connectivity index (χ0n) is 17.8. The van der Waals surface area contributed by atoms with E-state index in [1.807, 2.05) is 20.8 Å². The minimum Gasteiger partial charge on any atom is -0.444 e. The molecule has 26 heavy (non-hydrogen) atoms. The van der Waals surface area contributed by atoms with Gasteiger partial charge in [-0.25, -0.2) is 4.79 Å². The molecule has 0 aromatic heterocycles. The van der Waals surface area contributed by atoms with E-state index >= 15 is 0 Å². The lowest BCUT2D eigenvalue weighted by Crippen LogP contribution is -2.47. The molecule has 0 unspecified atom stereocenters. The number of ether oxygens (including phenoxy) is 1. The fraction of sp³-hybridized carbons (Fsp3) is 0.947. The van der Waals surface area contributed by atoms with Crippen molar-refractivity contribution in [2.75, 3.05) is 13.2 Å². The minimum atomic E-state index is -2.07. The summed E-state index contributed by atoms with van der Waals surface area (Å²) in [5.41, 5.74) is -0.587. The van der Waals surface area contributed by atoms with E-state index in [0.29, 0.717) is 19.4 Å². The molecule has 1 saturated heterocycles. The van der Waals surface area contributed by atoms with Crippen molar-refractivity contribution >= 4 is 14.4 Å². The fourth-order valence-corrected chi connectivity index (χ4v) is 4.18. The molecular formula is C19H39NO5Si. The molecule has 3 atom stereocenters. The maximum atomic E-state index is 12.7. The van der Waals surface area contributed by atoms with Crippen molar-refractivity contribution in [2.45, 2.75) is 103 Å². The molecule has 1 aliphatic rings.